The SMILES string of the molecule is CCCCn1c(O)c(C(=N)N)c(=O)n(C2CCC(COCc3ccccc3)(Cn3cc(C)c(=O)n(C(=O)c4ccccc4)c3=O)CC2)c1=O. The summed E-state index contributed by atoms with van der Waals surface area (Å²) in [6.07, 6.45) is 4.28. The Labute approximate surface area is 282 Å². The number of rotatable bonds is 12. The Kier molecular flexibility index (Phi) is 10.6. The van der Waals surface area contributed by atoms with Crippen LogP contribution in [0.5, 0.6) is 5.88 Å². The van der Waals surface area contributed by atoms with Gasteiger partial charge in [-0.15, -0.1) is 0 Å². The molecule has 4 N–H and O–H groups in total. The van der Waals surface area contributed by atoms with Crippen molar-refractivity contribution in [3.8, 4) is 5.88 Å². The summed E-state index contributed by atoms with van der Waals surface area (Å²) in [6, 6.07) is 17.2. The number of unbranched alkanes of at least 4 members (excludes halogenated alkanes) is 1. The molecule has 5 rings (SSSR count). The molecule has 0 unspecified atom stereocenters. The molecule has 0 atom stereocenters. The highest BCUT2D eigenvalue weighted by molar-refractivity contribution is 5.96. The van der Waals surface area contributed by atoms with Crippen molar-refractivity contribution >= 4 is 11.7 Å². The Morgan fingerprint density at radius 2 is 1.61 bits per heavy atom. The van der Waals surface area contributed by atoms with Crippen molar-refractivity contribution < 1.29 is 14.6 Å². The van der Waals surface area contributed by atoms with Gasteiger partial charge in [-0.25, -0.2) is 9.59 Å². The number of aryl methyl sites for hydroxylation is 1. The van der Waals surface area contributed by atoms with Crippen LogP contribution in [0.25, 0.3) is 0 Å². The van der Waals surface area contributed by atoms with Crippen LogP contribution in [-0.2, 0) is 24.4 Å². The monoisotopic (exact) mass is 670 g/mol. The summed E-state index contributed by atoms with van der Waals surface area (Å²) in [5.74, 6) is -1.96. The van der Waals surface area contributed by atoms with Gasteiger partial charge in [-0.3, -0.25) is 33.5 Å². The molecule has 0 radical (unpaired) electrons. The highest BCUT2D eigenvalue weighted by Gasteiger charge is 2.39. The van der Waals surface area contributed by atoms with Gasteiger partial charge in [0.05, 0.1) is 13.2 Å². The molecule has 1 fully saturated rings. The third-order valence-electron chi connectivity index (χ3n) is 9.31. The third kappa shape index (κ3) is 7.26. The minimum Gasteiger partial charge on any atom is -0.494 e. The molecule has 1 aliphatic rings. The number of aromatic hydroxyl groups is 1. The number of hydrogen-bond acceptors (Lipinski definition) is 8. The van der Waals surface area contributed by atoms with Gasteiger partial charge in [0, 0.05) is 41.9 Å². The van der Waals surface area contributed by atoms with Gasteiger partial charge < -0.3 is 15.6 Å². The summed E-state index contributed by atoms with van der Waals surface area (Å²) >= 11 is 0. The van der Waals surface area contributed by atoms with Crippen molar-refractivity contribution in [1.29, 1.82) is 5.41 Å². The minimum absolute atomic E-state index is 0.112. The fourth-order valence-corrected chi connectivity index (χ4v) is 6.61. The van der Waals surface area contributed by atoms with Gasteiger partial charge in [-0.1, -0.05) is 61.9 Å². The van der Waals surface area contributed by atoms with Gasteiger partial charge in [0.1, 0.15) is 11.4 Å². The lowest BCUT2D eigenvalue weighted by molar-refractivity contribution is -0.00860. The zero-order chi connectivity index (χ0) is 35.3. The summed E-state index contributed by atoms with van der Waals surface area (Å²) in [7, 11) is 0. The van der Waals surface area contributed by atoms with Gasteiger partial charge in [0.15, 0.2) is 0 Å². The van der Waals surface area contributed by atoms with E-state index in [-0.39, 0.29) is 30.8 Å². The van der Waals surface area contributed by atoms with Gasteiger partial charge in [0.25, 0.3) is 17.0 Å². The van der Waals surface area contributed by atoms with Crippen molar-refractivity contribution in [2.24, 2.45) is 11.1 Å². The van der Waals surface area contributed by atoms with Gasteiger partial charge in [-0.05, 0) is 56.7 Å². The number of carbonyl (C=O) groups is 1. The van der Waals surface area contributed by atoms with E-state index in [9.17, 15) is 29.1 Å². The summed E-state index contributed by atoms with van der Waals surface area (Å²) in [4.78, 5) is 67.5. The number of aromatic nitrogens is 4. The van der Waals surface area contributed by atoms with Crippen LogP contribution in [0, 0.1) is 17.7 Å². The quantitative estimate of drug-likeness (QED) is 0.152. The van der Waals surface area contributed by atoms with Crippen LogP contribution in [0.1, 0.15) is 78.5 Å². The second kappa shape index (κ2) is 14.9. The second-order valence-corrected chi connectivity index (χ2v) is 12.8. The number of carbonyl (C=O) groups excluding carboxylic acids is 1. The maximum atomic E-state index is 13.8. The van der Waals surface area contributed by atoms with Crippen molar-refractivity contribution in [3.63, 3.8) is 0 Å². The Morgan fingerprint density at radius 3 is 2.22 bits per heavy atom. The zero-order valence-corrected chi connectivity index (χ0v) is 27.8. The Hall–Kier alpha value is -5.30. The van der Waals surface area contributed by atoms with Crippen LogP contribution in [0.3, 0.4) is 0 Å². The molecule has 2 aromatic heterocycles. The number of nitrogens with one attached hydrogen (secondary N) is 1. The summed E-state index contributed by atoms with van der Waals surface area (Å²) < 4.78 is 10.5. The fraction of sp³-hybridized carbons (Fsp3) is 0.389. The second-order valence-electron chi connectivity index (χ2n) is 12.8. The molecule has 0 bridgehead atoms. The lowest BCUT2D eigenvalue weighted by Gasteiger charge is -2.40. The summed E-state index contributed by atoms with van der Waals surface area (Å²) in [6.45, 7) is 4.28. The number of nitrogens with two attached hydrogens (primary N) is 1. The average molecular weight is 671 g/mol. The van der Waals surface area contributed by atoms with E-state index in [1.165, 1.54) is 10.8 Å². The molecule has 0 aliphatic heterocycles. The Bertz CT molecular complexity index is 2070. The molecule has 49 heavy (non-hydrogen) atoms. The van der Waals surface area contributed by atoms with E-state index in [0.717, 1.165) is 21.1 Å². The molecular formula is C36H42N6O7. The maximum Gasteiger partial charge on any atom is 0.338 e. The highest BCUT2D eigenvalue weighted by Crippen LogP contribution is 2.42. The third-order valence-corrected chi connectivity index (χ3v) is 9.31. The molecule has 13 nitrogen and oxygen atoms in total. The number of amidine groups is 1. The molecular weight excluding hydrogens is 628 g/mol. The molecule has 2 heterocycles. The van der Waals surface area contributed by atoms with E-state index in [1.54, 1.807) is 37.3 Å². The first kappa shape index (κ1) is 35.0. The maximum absolute atomic E-state index is 13.8. The van der Waals surface area contributed by atoms with Crippen molar-refractivity contribution in [3.05, 3.63) is 131 Å². The van der Waals surface area contributed by atoms with Crippen LogP contribution in [0.4, 0.5) is 0 Å². The van der Waals surface area contributed by atoms with Crippen molar-refractivity contribution in [2.45, 2.75) is 78.1 Å². The fourth-order valence-electron chi connectivity index (χ4n) is 6.61. The molecule has 0 saturated heterocycles. The first-order valence-electron chi connectivity index (χ1n) is 16.4. The standard InChI is InChI=1S/C36H42N6O7/c1-3-4-19-40-32(45)28(29(37)38)33(46)41(35(40)48)27-15-17-36(18-16-27,23-49-21-25-11-7-5-8-12-25)22-39-20-24(2)30(43)42(34(39)47)31(44)26-13-9-6-10-14-26/h5-14,20,27,45H,3-4,15-19,21-23H2,1-2H3,(H3,37,38). The van der Waals surface area contributed by atoms with Crippen molar-refractivity contribution in [1.82, 2.24) is 18.3 Å². The first-order valence-corrected chi connectivity index (χ1v) is 16.4. The van der Waals surface area contributed by atoms with Crippen LogP contribution < -0.4 is 28.2 Å². The van der Waals surface area contributed by atoms with E-state index in [2.05, 4.69) is 0 Å². The predicted molar refractivity (Wildman–Crippen MR) is 184 cm³/mol. The van der Waals surface area contributed by atoms with E-state index >= 15 is 0 Å². The highest BCUT2D eigenvalue weighted by atomic mass is 16.5. The lowest BCUT2D eigenvalue weighted by atomic mass is 9.72. The number of nitrogens with zero attached hydrogens (tertiary/aromatic N) is 4. The van der Waals surface area contributed by atoms with Crippen molar-refractivity contribution in [2.75, 3.05) is 6.61 Å². The molecule has 258 valence electrons. The smallest absolute Gasteiger partial charge is 0.338 e. The Balaban J connectivity index is 1.51. The molecule has 1 saturated carbocycles. The number of hydrogen-bond donors (Lipinski definition) is 3. The van der Waals surface area contributed by atoms with Crippen LogP contribution in [0.15, 0.2) is 86.0 Å². The average Bonchev–Trinajstić information content (AvgIpc) is 3.09. The molecule has 0 spiro atoms. The Morgan fingerprint density at radius 1 is 0.980 bits per heavy atom. The largest absolute Gasteiger partial charge is 0.494 e. The van der Waals surface area contributed by atoms with Gasteiger partial charge >= 0.3 is 11.4 Å². The van der Waals surface area contributed by atoms with Crippen LogP contribution >= 0.6 is 0 Å². The van der Waals surface area contributed by atoms with Gasteiger partial charge in [-0.2, -0.15) is 4.57 Å². The number of nitrogen functional groups attached to an aromatic ring is 1. The molecule has 4 aromatic rings. The number of ether oxygens (including phenoxy) is 1. The zero-order valence-electron chi connectivity index (χ0n) is 27.8. The molecule has 0 amide bonds. The van der Waals surface area contributed by atoms with Gasteiger partial charge in [0.2, 0.25) is 5.88 Å². The molecule has 2 aromatic carbocycles. The van der Waals surface area contributed by atoms with E-state index < -0.39 is 57.1 Å². The van der Waals surface area contributed by atoms with Crippen LogP contribution in [-0.4, -0.2) is 41.7 Å². The van der Waals surface area contributed by atoms with E-state index in [4.69, 9.17) is 15.9 Å². The normalized spacial score (nSPS) is 17.6. The van der Waals surface area contributed by atoms with E-state index in [1.807, 2.05) is 37.3 Å². The molecule has 13 heteroatoms. The minimum atomic E-state index is -0.820. The topological polar surface area (TPSA) is 184 Å². The summed E-state index contributed by atoms with van der Waals surface area (Å²) in [5, 5.41) is 18.7. The summed E-state index contributed by atoms with van der Waals surface area (Å²) in [5.41, 5.74) is 3.04. The first-order chi connectivity index (χ1) is 23.5. The molecule has 1 aliphatic carbocycles. The lowest BCUT2D eigenvalue weighted by Crippen LogP contribution is -2.49. The number of benzene rings is 2. The van der Waals surface area contributed by atoms with Crippen LogP contribution in [0.2, 0.25) is 0 Å². The van der Waals surface area contributed by atoms with E-state index in [0.29, 0.717) is 43.3 Å². The predicted octanol–water partition coefficient (Wildman–Crippen LogP) is 3.14.